The SMILES string of the molecule is O=C1c2c(O)c(=O)c(-c3nnc(Cc4ccc(F)cc4)s3)cn2CCN1C1CC1. The van der Waals surface area contributed by atoms with Gasteiger partial charge in [0.2, 0.25) is 5.43 Å². The van der Waals surface area contributed by atoms with Crippen LogP contribution in [0.3, 0.4) is 0 Å². The first-order valence-electron chi connectivity index (χ1n) is 9.36. The van der Waals surface area contributed by atoms with Crippen molar-refractivity contribution in [3.63, 3.8) is 0 Å². The minimum atomic E-state index is -0.619. The Bertz CT molecular complexity index is 1170. The van der Waals surface area contributed by atoms with E-state index in [-0.39, 0.29) is 29.0 Å². The van der Waals surface area contributed by atoms with Gasteiger partial charge in [0.05, 0.1) is 5.56 Å². The number of carbonyl (C=O) groups is 1. The smallest absolute Gasteiger partial charge is 0.274 e. The Hall–Kier alpha value is -3.07. The molecule has 3 heterocycles. The molecule has 1 N–H and O–H groups in total. The van der Waals surface area contributed by atoms with Gasteiger partial charge in [0.15, 0.2) is 16.5 Å². The third-order valence-electron chi connectivity index (χ3n) is 5.25. The van der Waals surface area contributed by atoms with Crippen molar-refractivity contribution in [2.45, 2.75) is 31.8 Å². The summed E-state index contributed by atoms with van der Waals surface area (Å²) in [4.78, 5) is 27.2. The van der Waals surface area contributed by atoms with Gasteiger partial charge in [0.25, 0.3) is 5.91 Å². The standard InChI is InChI=1S/C20H17FN4O3S/c21-12-3-1-11(2-4-12)9-15-22-23-19(29-15)14-10-24-7-8-25(13-5-6-13)20(28)16(24)18(27)17(14)26/h1-4,10,13,27H,5-9H2. The number of aromatic hydroxyl groups is 1. The number of hydrogen-bond acceptors (Lipinski definition) is 6. The van der Waals surface area contributed by atoms with E-state index in [1.54, 1.807) is 27.8 Å². The number of carbonyl (C=O) groups excluding carboxylic acids is 1. The Labute approximate surface area is 169 Å². The summed E-state index contributed by atoms with van der Waals surface area (Å²) in [6.07, 6.45) is 3.99. The lowest BCUT2D eigenvalue weighted by Crippen LogP contribution is -2.43. The van der Waals surface area contributed by atoms with Crippen molar-refractivity contribution in [1.82, 2.24) is 19.7 Å². The number of pyridine rings is 1. The number of hydrogen-bond donors (Lipinski definition) is 1. The summed E-state index contributed by atoms with van der Waals surface area (Å²) in [5.74, 6) is -1.14. The Kier molecular flexibility index (Phi) is 4.20. The van der Waals surface area contributed by atoms with Crippen molar-refractivity contribution in [3.05, 3.63) is 62.8 Å². The maximum atomic E-state index is 13.1. The Morgan fingerprint density at radius 2 is 1.90 bits per heavy atom. The van der Waals surface area contributed by atoms with Crippen LogP contribution < -0.4 is 5.43 Å². The Balaban J connectivity index is 1.47. The van der Waals surface area contributed by atoms with Gasteiger partial charge in [-0.1, -0.05) is 23.5 Å². The monoisotopic (exact) mass is 412 g/mol. The van der Waals surface area contributed by atoms with Gasteiger partial charge in [-0.2, -0.15) is 0 Å². The molecule has 0 bridgehead atoms. The molecule has 2 aromatic heterocycles. The fraction of sp³-hybridized carbons (Fsp3) is 0.300. The fourth-order valence-electron chi connectivity index (χ4n) is 3.60. The van der Waals surface area contributed by atoms with Crippen molar-refractivity contribution in [1.29, 1.82) is 0 Å². The Morgan fingerprint density at radius 3 is 2.62 bits per heavy atom. The molecule has 0 unspecified atom stereocenters. The first-order chi connectivity index (χ1) is 14.0. The number of aromatic nitrogens is 3. The fourth-order valence-corrected chi connectivity index (χ4v) is 4.48. The summed E-state index contributed by atoms with van der Waals surface area (Å²) in [5.41, 5.74) is 0.534. The second-order valence-electron chi connectivity index (χ2n) is 7.30. The maximum absolute atomic E-state index is 13.1. The van der Waals surface area contributed by atoms with Crippen LogP contribution in [0.15, 0.2) is 35.3 Å². The summed E-state index contributed by atoms with van der Waals surface area (Å²) in [6.45, 7) is 1.07. The van der Waals surface area contributed by atoms with Crippen LogP contribution in [0, 0.1) is 5.82 Å². The normalized spacial score (nSPS) is 16.2. The molecule has 0 spiro atoms. The van der Waals surface area contributed by atoms with Gasteiger partial charge in [-0.25, -0.2) is 4.39 Å². The van der Waals surface area contributed by atoms with Gasteiger partial charge in [-0.15, -0.1) is 10.2 Å². The summed E-state index contributed by atoms with van der Waals surface area (Å²) in [7, 11) is 0. The van der Waals surface area contributed by atoms with Gasteiger partial charge in [-0.05, 0) is 30.5 Å². The predicted octanol–water partition coefficient (Wildman–Crippen LogP) is 2.42. The number of benzene rings is 1. The molecule has 1 saturated carbocycles. The largest absolute Gasteiger partial charge is 0.503 e. The first-order valence-corrected chi connectivity index (χ1v) is 10.2. The topological polar surface area (TPSA) is 88.3 Å². The summed E-state index contributed by atoms with van der Waals surface area (Å²) in [6, 6.07) is 6.34. The van der Waals surface area contributed by atoms with Gasteiger partial charge in [-0.3, -0.25) is 9.59 Å². The predicted molar refractivity (Wildman–Crippen MR) is 105 cm³/mol. The van der Waals surface area contributed by atoms with Crippen LogP contribution in [0.4, 0.5) is 4.39 Å². The molecular weight excluding hydrogens is 395 g/mol. The number of nitrogens with zero attached hydrogens (tertiary/aromatic N) is 4. The molecule has 3 aromatic rings. The van der Waals surface area contributed by atoms with Crippen molar-refractivity contribution in [2.75, 3.05) is 6.54 Å². The second-order valence-corrected chi connectivity index (χ2v) is 8.36. The molecule has 1 aromatic carbocycles. The van der Waals surface area contributed by atoms with Crippen LogP contribution in [0.2, 0.25) is 0 Å². The third kappa shape index (κ3) is 3.21. The molecule has 1 aliphatic carbocycles. The molecule has 1 amide bonds. The second kappa shape index (κ2) is 6.77. The van der Waals surface area contributed by atoms with Crippen molar-refractivity contribution >= 4 is 17.2 Å². The molecule has 0 radical (unpaired) electrons. The van der Waals surface area contributed by atoms with Gasteiger partial charge in [0.1, 0.15) is 10.8 Å². The number of fused-ring (bicyclic) bond motifs is 1. The van der Waals surface area contributed by atoms with E-state index in [0.717, 1.165) is 18.4 Å². The van der Waals surface area contributed by atoms with Gasteiger partial charge < -0.3 is 14.6 Å². The van der Waals surface area contributed by atoms with Crippen LogP contribution in [0.5, 0.6) is 5.75 Å². The zero-order chi connectivity index (χ0) is 20.1. The minimum absolute atomic E-state index is 0.0490. The van der Waals surface area contributed by atoms with E-state index in [1.807, 2.05) is 0 Å². The first kappa shape index (κ1) is 18.0. The Morgan fingerprint density at radius 1 is 1.14 bits per heavy atom. The molecule has 1 fully saturated rings. The van der Waals surface area contributed by atoms with E-state index in [9.17, 15) is 19.1 Å². The van der Waals surface area contributed by atoms with Crippen molar-refractivity contribution < 1.29 is 14.3 Å². The van der Waals surface area contributed by atoms with Crippen molar-refractivity contribution in [2.24, 2.45) is 0 Å². The number of amides is 1. The van der Waals surface area contributed by atoms with Crippen LogP contribution in [0.1, 0.15) is 33.9 Å². The minimum Gasteiger partial charge on any atom is -0.503 e. The molecule has 29 heavy (non-hydrogen) atoms. The molecule has 148 valence electrons. The lowest BCUT2D eigenvalue weighted by Gasteiger charge is -2.30. The van der Waals surface area contributed by atoms with E-state index in [4.69, 9.17) is 0 Å². The lowest BCUT2D eigenvalue weighted by atomic mass is 10.1. The van der Waals surface area contributed by atoms with Crippen LogP contribution >= 0.6 is 11.3 Å². The molecule has 2 aliphatic rings. The number of rotatable bonds is 4. The molecule has 0 saturated heterocycles. The van der Waals surface area contributed by atoms with Crippen LogP contribution in [-0.4, -0.2) is 43.3 Å². The summed E-state index contributed by atoms with van der Waals surface area (Å²) in [5, 5.41) is 19.8. The quantitative estimate of drug-likeness (QED) is 0.711. The zero-order valence-electron chi connectivity index (χ0n) is 15.3. The van der Waals surface area contributed by atoms with E-state index in [0.29, 0.717) is 29.5 Å². The van der Waals surface area contributed by atoms with E-state index in [2.05, 4.69) is 10.2 Å². The van der Waals surface area contributed by atoms with E-state index >= 15 is 0 Å². The molecule has 5 rings (SSSR count). The average Bonchev–Trinajstić information content (AvgIpc) is 3.45. The summed E-state index contributed by atoms with van der Waals surface area (Å²) >= 11 is 1.24. The van der Waals surface area contributed by atoms with E-state index < -0.39 is 11.2 Å². The van der Waals surface area contributed by atoms with Crippen molar-refractivity contribution in [3.8, 4) is 16.3 Å². The molecular formula is C20H17FN4O3S. The van der Waals surface area contributed by atoms with Crippen LogP contribution in [-0.2, 0) is 13.0 Å². The lowest BCUT2D eigenvalue weighted by molar-refractivity contribution is 0.0683. The zero-order valence-corrected chi connectivity index (χ0v) is 16.2. The van der Waals surface area contributed by atoms with Gasteiger partial charge >= 0.3 is 0 Å². The third-order valence-corrected chi connectivity index (χ3v) is 6.21. The maximum Gasteiger partial charge on any atom is 0.274 e. The highest BCUT2D eigenvalue weighted by Gasteiger charge is 2.38. The molecule has 9 heteroatoms. The molecule has 0 atom stereocenters. The molecule has 1 aliphatic heterocycles. The molecule has 7 nitrogen and oxygen atoms in total. The highest BCUT2D eigenvalue weighted by molar-refractivity contribution is 7.14. The van der Waals surface area contributed by atoms with Gasteiger partial charge in [0, 0.05) is 31.7 Å². The highest BCUT2D eigenvalue weighted by atomic mass is 32.1. The summed E-state index contributed by atoms with van der Waals surface area (Å²) < 4.78 is 14.7. The van der Waals surface area contributed by atoms with Crippen LogP contribution in [0.25, 0.3) is 10.6 Å². The average molecular weight is 412 g/mol. The highest BCUT2D eigenvalue weighted by Crippen LogP contribution is 2.33. The number of halogens is 1. The van der Waals surface area contributed by atoms with E-state index in [1.165, 1.54) is 23.5 Å².